The lowest BCUT2D eigenvalue weighted by molar-refractivity contribution is -0.0457. The molecule has 0 saturated carbocycles. The summed E-state index contributed by atoms with van der Waals surface area (Å²) in [6.45, 7) is 0.991. The minimum Gasteiger partial charge on any atom is -0.396 e. The van der Waals surface area contributed by atoms with Gasteiger partial charge in [0, 0.05) is 30.7 Å². The highest BCUT2D eigenvalue weighted by Crippen LogP contribution is 2.33. The second-order valence-corrected chi connectivity index (χ2v) is 4.17. The molecule has 72 valence electrons. The van der Waals surface area contributed by atoms with Crippen LogP contribution in [0.25, 0.3) is 0 Å². The predicted molar refractivity (Wildman–Crippen MR) is 50.6 cm³/mol. The van der Waals surface area contributed by atoms with Crippen molar-refractivity contribution in [2.45, 2.75) is 18.9 Å². The van der Waals surface area contributed by atoms with Crippen molar-refractivity contribution < 1.29 is 9.84 Å². The van der Waals surface area contributed by atoms with Crippen molar-refractivity contribution in [1.82, 2.24) is 4.98 Å². The quantitative estimate of drug-likeness (QED) is 0.786. The summed E-state index contributed by atoms with van der Waals surface area (Å²) in [6, 6.07) is 0. The van der Waals surface area contributed by atoms with E-state index in [4.69, 9.17) is 9.84 Å². The van der Waals surface area contributed by atoms with Crippen LogP contribution in [-0.2, 0) is 4.74 Å². The molecule has 1 aliphatic heterocycles. The lowest BCUT2D eigenvalue weighted by Gasteiger charge is -2.28. The molecule has 1 N–H and O–H groups in total. The first-order valence-corrected chi connectivity index (χ1v) is 5.41. The molecule has 2 unspecified atom stereocenters. The number of aliphatic hydroxyl groups excluding tert-OH is 1. The third kappa shape index (κ3) is 1.90. The zero-order valence-electron chi connectivity index (χ0n) is 7.35. The molecule has 2 atom stereocenters. The predicted octanol–water partition coefficient (Wildman–Crippen LogP) is 1.60. The summed E-state index contributed by atoms with van der Waals surface area (Å²) in [4.78, 5) is 4.22. The molecule has 4 heteroatoms. The molecule has 1 fully saturated rings. The van der Waals surface area contributed by atoms with Crippen LogP contribution in [-0.4, -0.2) is 23.3 Å². The van der Waals surface area contributed by atoms with E-state index in [2.05, 4.69) is 4.98 Å². The van der Waals surface area contributed by atoms with Crippen molar-refractivity contribution in [3.63, 3.8) is 0 Å². The Hall–Kier alpha value is -0.450. The molecule has 2 rings (SSSR count). The van der Waals surface area contributed by atoms with E-state index in [1.54, 1.807) is 17.5 Å². The lowest BCUT2D eigenvalue weighted by Crippen LogP contribution is -2.25. The first kappa shape index (κ1) is 9.12. The van der Waals surface area contributed by atoms with Crippen LogP contribution in [0, 0.1) is 5.92 Å². The third-order valence-corrected chi connectivity index (χ3v) is 3.21. The topological polar surface area (TPSA) is 42.4 Å². The van der Waals surface area contributed by atoms with Crippen molar-refractivity contribution in [2.75, 3.05) is 13.2 Å². The molecule has 0 radical (unpaired) electrons. The number of ether oxygens (including phenoxy) is 1. The van der Waals surface area contributed by atoms with Gasteiger partial charge in [0.05, 0.1) is 0 Å². The van der Waals surface area contributed by atoms with Gasteiger partial charge in [-0.05, 0) is 12.8 Å². The van der Waals surface area contributed by atoms with E-state index < -0.39 is 0 Å². The molecule has 1 saturated heterocycles. The lowest BCUT2D eigenvalue weighted by atomic mass is 9.96. The Balaban J connectivity index is 2.11. The van der Waals surface area contributed by atoms with Crippen molar-refractivity contribution in [3.8, 4) is 0 Å². The number of hydrogen-bond donors (Lipinski definition) is 1. The average Bonchev–Trinajstić information content (AvgIpc) is 2.70. The van der Waals surface area contributed by atoms with Crippen LogP contribution < -0.4 is 0 Å². The van der Waals surface area contributed by atoms with E-state index in [1.807, 2.05) is 5.38 Å². The number of aliphatic hydroxyl groups is 1. The van der Waals surface area contributed by atoms with Crippen molar-refractivity contribution >= 4 is 11.3 Å². The van der Waals surface area contributed by atoms with Crippen LogP contribution in [0.3, 0.4) is 0 Å². The fourth-order valence-corrected chi connectivity index (χ4v) is 2.46. The normalized spacial score (nSPS) is 29.0. The van der Waals surface area contributed by atoms with Crippen LogP contribution in [0.4, 0.5) is 0 Å². The number of thiazole rings is 1. The molecule has 0 aromatic carbocycles. The minimum atomic E-state index is 0.0266. The monoisotopic (exact) mass is 199 g/mol. The molecular formula is C9H13NO2S. The van der Waals surface area contributed by atoms with E-state index >= 15 is 0 Å². The summed E-state index contributed by atoms with van der Waals surface area (Å²) in [5, 5.41) is 12.1. The summed E-state index contributed by atoms with van der Waals surface area (Å²) in [5.74, 6) is 0.236. The van der Waals surface area contributed by atoms with Crippen LogP contribution in [0.5, 0.6) is 0 Å². The summed E-state index contributed by atoms with van der Waals surface area (Å²) >= 11 is 1.60. The molecule has 0 amide bonds. The molecule has 0 bridgehead atoms. The van der Waals surface area contributed by atoms with Gasteiger partial charge in [-0.3, -0.25) is 0 Å². The number of aromatic nitrogens is 1. The van der Waals surface area contributed by atoms with Crippen LogP contribution in [0.2, 0.25) is 0 Å². The van der Waals surface area contributed by atoms with E-state index in [1.165, 1.54) is 0 Å². The molecule has 1 aromatic heterocycles. The van der Waals surface area contributed by atoms with E-state index in [0.717, 1.165) is 24.5 Å². The Morgan fingerprint density at radius 3 is 3.31 bits per heavy atom. The maximum absolute atomic E-state index is 9.16. The molecule has 2 heterocycles. The van der Waals surface area contributed by atoms with Crippen LogP contribution >= 0.6 is 11.3 Å². The van der Waals surface area contributed by atoms with Gasteiger partial charge in [0.25, 0.3) is 0 Å². The number of rotatable bonds is 2. The van der Waals surface area contributed by atoms with Gasteiger partial charge in [-0.1, -0.05) is 0 Å². The second kappa shape index (κ2) is 4.17. The van der Waals surface area contributed by atoms with Crippen LogP contribution in [0.1, 0.15) is 24.0 Å². The number of nitrogens with zero attached hydrogens (tertiary/aromatic N) is 1. The Kier molecular flexibility index (Phi) is 2.93. The molecule has 0 spiro atoms. The average molecular weight is 199 g/mol. The highest BCUT2D eigenvalue weighted by molar-refractivity contribution is 7.09. The largest absolute Gasteiger partial charge is 0.396 e. The van der Waals surface area contributed by atoms with Crippen molar-refractivity contribution in [2.24, 2.45) is 5.92 Å². The zero-order chi connectivity index (χ0) is 9.10. The van der Waals surface area contributed by atoms with Gasteiger partial charge in [-0.2, -0.15) is 0 Å². The van der Waals surface area contributed by atoms with E-state index in [9.17, 15) is 0 Å². The molecule has 0 aliphatic carbocycles. The van der Waals surface area contributed by atoms with Gasteiger partial charge in [-0.15, -0.1) is 11.3 Å². The van der Waals surface area contributed by atoms with Gasteiger partial charge in [0.15, 0.2) is 0 Å². The van der Waals surface area contributed by atoms with Crippen LogP contribution in [0.15, 0.2) is 11.6 Å². The molecule has 1 aromatic rings. The zero-order valence-corrected chi connectivity index (χ0v) is 8.17. The van der Waals surface area contributed by atoms with Gasteiger partial charge in [0.1, 0.15) is 11.1 Å². The summed E-state index contributed by atoms with van der Waals surface area (Å²) < 4.78 is 5.61. The second-order valence-electron chi connectivity index (χ2n) is 3.25. The van der Waals surface area contributed by atoms with Gasteiger partial charge < -0.3 is 9.84 Å². The van der Waals surface area contributed by atoms with Gasteiger partial charge in [-0.25, -0.2) is 4.98 Å². The minimum absolute atomic E-state index is 0.0266. The Labute approximate surface area is 81.4 Å². The number of hydrogen-bond acceptors (Lipinski definition) is 4. The van der Waals surface area contributed by atoms with Gasteiger partial charge >= 0.3 is 0 Å². The Bertz CT molecular complexity index is 250. The summed E-state index contributed by atoms with van der Waals surface area (Å²) in [7, 11) is 0. The van der Waals surface area contributed by atoms with E-state index in [-0.39, 0.29) is 18.6 Å². The van der Waals surface area contributed by atoms with Crippen molar-refractivity contribution in [1.29, 1.82) is 0 Å². The standard InChI is InChI=1S/C9H13NO2S/c11-6-7-2-1-4-12-8(7)9-10-3-5-13-9/h3,5,7-8,11H,1-2,4,6H2. The molecule has 3 nitrogen and oxygen atoms in total. The fraction of sp³-hybridized carbons (Fsp3) is 0.667. The first-order chi connectivity index (χ1) is 6.42. The maximum Gasteiger partial charge on any atom is 0.122 e. The van der Waals surface area contributed by atoms with Crippen molar-refractivity contribution in [3.05, 3.63) is 16.6 Å². The molecule has 1 aliphatic rings. The molecular weight excluding hydrogens is 186 g/mol. The summed E-state index contributed by atoms with van der Waals surface area (Å²) in [5.41, 5.74) is 0. The maximum atomic E-state index is 9.16. The van der Waals surface area contributed by atoms with Gasteiger partial charge in [0.2, 0.25) is 0 Å². The smallest absolute Gasteiger partial charge is 0.122 e. The SMILES string of the molecule is OCC1CCCOC1c1nccs1. The fourth-order valence-electron chi connectivity index (χ4n) is 1.68. The molecule has 13 heavy (non-hydrogen) atoms. The third-order valence-electron chi connectivity index (χ3n) is 2.37. The highest BCUT2D eigenvalue weighted by Gasteiger charge is 2.28. The Morgan fingerprint density at radius 2 is 2.62 bits per heavy atom. The summed E-state index contributed by atoms with van der Waals surface area (Å²) in [6.07, 6.45) is 3.90. The first-order valence-electron chi connectivity index (χ1n) is 4.53. The van der Waals surface area contributed by atoms with E-state index in [0.29, 0.717) is 0 Å². The highest BCUT2D eigenvalue weighted by atomic mass is 32.1. The Morgan fingerprint density at radius 1 is 1.69 bits per heavy atom.